The van der Waals surface area contributed by atoms with E-state index in [4.69, 9.17) is 0 Å². The normalized spacial score (nSPS) is 17.7. The van der Waals surface area contributed by atoms with E-state index in [9.17, 15) is 9.90 Å². The Kier molecular flexibility index (Phi) is 6.45. The maximum Gasteiger partial charge on any atom is 0.315 e. The second kappa shape index (κ2) is 8.34. The van der Waals surface area contributed by atoms with Gasteiger partial charge in [0.1, 0.15) is 5.82 Å². The number of amides is 2. The molecule has 1 fully saturated rings. The number of hydrogen-bond acceptors (Lipinski definition) is 3. The van der Waals surface area contributed by atoms with Crippen molar-refractivity contribution in [2.75, 3.05) is 6.54 Å². The van der Waals surface area contributed by atoms with Gasteiger partial charge in [0.25, 0.3) is 0 Å². The van der Waals surface area contributed by atoms with Crippen LogP contribution in [0.5, 0.6) is 0 Å². The van der Waals surface area contributed by atoms with Gasteiger partial charge >= 0.3 is 6.03 Å². The van der Waals surface area contributed by atoms with Crippen molar-refractivity contribution >= 4 is 6.03 Å². The summed E-state index contributed by atoms with van der Waals surface area (Å²) in [7, 11) is 0. The molecule has 23 heavy (non-hydrogen) atoms. The molecule has 2 rings (SSSR count). The van der Waals surface area contributed by atoms with Gasteiger partial charge in [-0.25, -0.2) is 9.78 Å². The molecule has 1 saturated carbocycles. The molecule has 0 spiro atoms. The third-order valence-electron chi connectivity index (χ3n) is 4.38. The van der Waals surface area contributed by atoms with E-state index in [0.717, 1.165) is 38.1 Å². The molecule has 0 aromatic carbocycles. The number of aromatic nitrogens is 2. The zero-order valence-corrected chi connectivity index (χ0v) is 14.3. The van der Waals surface area contributed by atoms with E-state index in [1.807, 2.05) is 6.20 Å². The van der Waals surface area contributed by atoms with Crippen LogP contribution in [0.3, 0.4) is 0 Å². The first-order valence-corrected chi connectivity index (χ1v) is 8.73. The zero-order valence-electron chi connectivity index (χ0n) is 14.3. The lowest BCUT2D eigenvalue weighted by atomic mass is 9.95. The minimum absolute atomic E-state index is 0.248. The summed E-state index contributed by atoms with van der Waals surface area (Å²) in [5.41, 5.74) is -0.746. The molecule has 0 saturated heterocycles. The van der Waals surface area contributed by atoms with E-state index in [1.165, 1.54) is 12.8 Å². The Morgan fingerprint density at radius 2 is 2.00 bits per heavy atom. The Labute approximate surface area is 138 Å². The van der Waals surface area contributed by atoms with E-state index in [1.54, 1.807) is 6.20 Å². The molecule has 3 N–H and O–H groups in total. The van der Waals surface area contributed by atoms with Gasteiger partial charge in [0.05, 0.1) is 12.1 Å². The monoisotopic (exact) mass is 322 g/mol. The molecule has 1 heterocycles. The van der Waals surface area contributed by atoms with E-state index >= 15 is 0 Å². The van der Waals surface area contributed by atoms with Crippen molar-refractivity contribution in [3.8, 4) is 0 Å². The first-order valence-electron chi connectivity index (χ1n) is 8.73. The average Bonchev–Trinajstić information content (AvgIpc) is 2.81. The third kappa shape index (κ3) is 5.86. The van der Waals surface area contributed by atoms with Crippen LogP contribution < -0.4 is 10.6 Å². The van der Waals surface area contributed by atoms with Crippen molar-refractivity contribution in [3.63, 3.8) is 0 Å². The highest BCUT2D eigenvalue weighted by Crippen LogP contribution is 2.26. The summed E-state index contributed by atoms with van der Waals surface area (Å²) in [5, 5.41) is 16.2. The largest absolute Gasteiger partial charge is 0.388 e. The van der Waals surface area contributed by atoms with Gasteiger partial charge in [-0.1, -0.05) is 39.5 Å². The van der Waals surface area contributed by atoms with E-state index in [2.05, 4.69) is 34.0 Å². The van der Waals surface area contributed by atoms with E-state index in [-0.39, 0.29) is 6.03 Å². The second-order valence-electron chi connectivity index (χ2n) is 7.06. The molecule has 0 atom stereocenters. The number of urea groups is 1. The summed E-state index contributed by atoms with van der Waals surface area (Å²) in [6, 6.07) is -0.248. The fourth-order valence-corrected chi connectivity index (χ4v) is 3.10. The van der Waals surface area contributed by atoms with Crippen LogP contribution in [0.4, 0.5) is 4.79 Å². The lowest BCUT2D eigenvalue weighted by Crippen LogP contribution is -2.46. The van der Waals surface area contributed by atoms with Gasteiger partial charge in [0.2, 0.25) is 0 Å². The van der Waals surface area contributed by atoms with Crippen LogP contribution in [0.15, 0.2) is 12.4 Å². The van der Waals surface area contributed by atoms with Crippen molar-refractivity contribution in [1.82, 2.24) is 20.2 Å². The number of carbonyl (C=O) groups excluding carboxylic acids is 1. The maximum atomic E-state index is 12.0. The van der Waals surface area contributed by atoms with Crippen molar-refractivity contribution in [2.24, 2.45) is 5.92 Å². The smallest absolute Gasteiger partial charge is 0.315 e. The van der Waals surface area contributed by atoms with Crippen molar-refractivity contribution in [1.29, 1.82) is 0 Å². The Bertz CT molecular complexity index is 491. The van der Waals surface area contributed by atoms with Crippen LogP contribution in [0.2, 0.25) is 0 Å². The molecule has 1 aliphatic carbocycles. The molecule has 2 amide bonds. The maximum absolute atomic E-state index is 12.0. The number of nitrogens with one attached hydrogen (secondary N) is 2. The van der Waals surface area contributed by atoms with Crippen LogP contribution in [-0.2, 0) is 13.1 Å². The predicted molar refractivity (Wildman–Crippen MR) is 90.0 cm³/mol. The predicted octanol–water partition coefficient (Wildman–Crippen LogP) is 2.42. The summed E-state index contributed by atoms with van der Waals surface area (Å²) in [6.07, 6.45) is 9.64. The number of rotatable bonds is 6. The lowest BCUT2D eigenvalue weighted by molar-refractivity contribution is 0.0276. The molecule has 1 aromatic heterocycles. The number of imidazole rings is 1. The van der Waals surface area contributed by atoms with Crippen LogP contribution in [0.25, 0.3) is 0 Å². The van der Waals surface area contributed by atoms with Gasteiger partial charge in [-0.05, 0) is 18.8 Å². The van der Waals surface area contributed by atoms with Crippen LogP contribution in [-0.4, -0.2) is 32.8 Å². The van der Waals surface area contributed by atoms with E-state index < -0.39 is 5.60 Å². The lowest BCUT2D eigenvalue weighted by Gasteiger charge is -2.26. The SMILES string of the molecule is CC(C)Cn1ccnc1CNC(=O)NCC1(O)CCCCCC1. The topological polar surface area (TPSA) is 79.2 Å². The molecular formula is C17H30N4O2. The number of nitrogens with zero attached hydrogens (tertiary/aromatic N) is 2. The second-order valence-corrected chi connectivity index (χ2v) is 7.06. The highest BCUT2D eigenvalue weighted by molar-refractivity contribution is 5.73. The van der Waals surface area contributed by atoms with Gasteiger partial charge in [-0.15, -0.1) is 0 Å². The Morgan fingerprint density at radius 3 is 2.65 bits per heavy atom. The van der Waals surface area contributed by atoms with Crippen LogP contribution in [0, 0.1) is 5.92 Å². The van der Waals surface area contributed by atoms with Gasteiger partial charge < -0.3 is 20.3 Å². The minimum Gasteiger partial charge on any atom is -0.388 e. The zero-order chi connectivity index (χ0) is 16.7. The molecule has 130 valence electrons. The molecule has 0 unspecified atom stereocenters. The fourth-order valence-electron chi connectivity index (χ4n) is 3.10. The molecule has 6 nitrogen and oxygen atoms in total. The minimum atomic E-state index is -0.746. The van der Waals surface area contributed by atoms with Gasteiger partial charge in [-0.3, -0.25) is 0 Å². The number of aliphatic hydroxyl groups is 1. The first-order chi connectivity index (χ1) is 11.0. The molecule has 0 bridgehead atoms. The Balaban J connectivity index is 1.76. The number of carbonyl (C=O) groups is 1. The summed E-state index contributed by atoms with van der Waals surface area (Å²) in [5.74, 6) is 1.38. The highest BCUT2D eigenvalue weighted by atomic mass is 16.3. The summed E-state index contributed by atoms with van der Waals surface area (Å²) >= 11 is 0. The summed E-state index contributed by atoms with van der Waals surface area (Å²) in [4.78, 5) is 16.3. The average molecular weight is 322 g/mol. The number of hydrogen-bond donors (Lipinski definition) is 3. The molecular weight excluding hydrogens is 292 g/mol. The quantitative estimate of drug-likeness (QED) is 0.704. The molecule has 0 aliphatic heterocycles. The van der Waals surface area contributed by atoms with Gasteiger partial charge in [0.15, 0.2) is 0 Å². The fraction of sp³-hybridized carbons (Fsp3) is 0.765. The summed E-state index contributed by atoms with van der Waals surface area (Å²) in [6.45, 7) is 5.90. The standard InChI is InChI=1S/C17H30N4O2/c1-14(2)12-21-10-9-18-15(21)11-19-16(22)20-13-17(23)7-5-3-4-6-8-17/h9-10,14,23H,3-8,11-13H2,1-2H3,(H2,19,20,22). The molecule has 0 radical (unpaired) electrons. The van der Waals surface area contributed by atoms with Crippen molar-refractivity contribution in [2.45, 2.75) is 71.1 Å². The van der Waals surface area contributed by atoms with Gasteiger partial charge in [0, 0.05) is 25.5 Å². The van der Waals surface area contributed by atoms with Crippen LogP contribution >= 0.6 is 0 Å². The van der Waals surface area contributed by atoms with Gasteiger partial charge in [-0.2, -0.15) is 0 Å². The Hall–Kier alpha value is -1.56. The first kappa shape index (κ1) is 17.8. The molecule has 1 aliphatic rings. The Morgan fingerprint density at radius 1 is 1.30 bits per heavy atom. The molecule has 6 heteroatoms. The summed E-state index contributed by atoms with van der Waals surface area (Å²) < 4.78 is 2.06. The van der Waals surface area contributed by atoms with Crippen molar-refractivity contribution < 1.29 is 9.90 Å². The molecule has 1 aromatic rings. The van der Waals surface area contributed by atoms with E-state index in [0.29, 0.717) is 19.0 Å². The van der Waals surface area contributed by atoms with Crippen molar-refractivity contribution in [3.05, 3.63) is 18.2 Å². The van der Waals surface area contributed by atoms with Crippen LogP contribution in [0.1, 0.15) is 58.2 Å². The highest BCUT2D eigenvalue weighted by Gasteiger charge is 2.28. The third-order valence-corrected chi connectivity index (χ3v) is 4.38.